The zero-order valence-corrected chi connectivity index (χ0v) is 7.86. The van der Waals surface area contributed by atoms with Crippen molar-refractivity contribution in [1.29, 1.82) is 0 Å². The molecule has 1 heterocycles. The number of aliphatic carboxylic acids is 1. The average Bonchev–Trinajstić information content (AvgIpc) is 2.55. The lowest BCUT2D eigenvalue weighted by atomic mass is 10.2. The molecule has 0 fully saturated rings. The molecule has 0 aliphatic heterocycles. The molecule has 0 aliphatic rings. The summed E-state index contributed by atoms with van der Waals surface area (Å²) in [7, 11) is 0. The third kappa shape index (κ3) is 4.06. The molecule has 0 aromatic carbocycles. The molecule has 1 aromatic rings. The lowest BCUT2D eigenvalue weighted by molar-refractivity contribution is -0.137. The fraction of sp³-hybridized carbons (Fsp3) is 0.444. The van der Waals surface area contributed by atoms with Crippen LogP contribution in [-0.4, -0.2) is 28.6 Å². The standard InChI is InChI=1S/C9H15N3O2/c10-8(3-9(13)14)6-12-5-7-1-2-11-4-7/h1-2,4,8,11-12H,3,5-6,10H2,(H,13,14). The van der Waals surface area contributed by atoms with Crippen molar-refractivity contribution in [3.63, 3.8) is 0 Å². The number of hydrogen-bond acceptors (Lipinski definition) is 3. The molecule has 78 valence electrons. The monoisotopic (exact) mass is 197 g/mol. The molecule has 0 saturated carbocycles. The summed E-state index contributed by atoms with van der Waals surface area (Å²) < 4.78 is 0. The van der Waals surface area contributed by atoms with E-state index in [0.29, 0.717) is 13.1 Å². The first-order chi connectivity index (χ1) is 6.68. The van der Waals surface area contributed by atoms with E-state index in [1.807, 2.05) is 18.5 Å². The Morgan fingerprint density at radius 1 is 1.71 bits per heavy atom. The minimum atomic E-state index is -0.860. The van der Waals surface area contributed by atoms with Crippen molar-refractivity contribution in [2.45, 2.75) is 19.0 Å². The van der Waals surface area contributed by atoms with Crippen molar-refractivity contribution in [3.05, 3.63) is 24.0 Å². The summed E-state index contributed by atoms with van der Waals surface area (Å²) in [5, 5.41) is 11.5. The highest BCUT2D eigenvalue weighted by atomic mass is 16.4. The van der Waals surface area contributed by atoms with Crippen LogP contribution >= 0.6 is 0 Å². The topological polar surface area (TPSA) is 91.1 Å². The van der Waals surface area contributed by atoms with Gasteiger partial charge in [-0.15, -0.1) is 0 Å². The number of nitrogens with one attached hydrogen (secondary N) is 2. The quantitative estimate of drug-likeness (QED) is 0.513. The fourth-order valence-corrected chi connectivity index (χ4v) is 1.17. The Labute approximate surface area is 82.3 Å². The van der Waals surface area contributed by atoms with Crippen LogP contribution in [0.1, 0.15) is 12.0 Å². The van der Waals surface area contributed by atoms with Gasteiger partial charge in [-0.05, 0) is 11.6 Å². The van der Waals surface area contributed by atoms with Crippen LogP contribution < -0.4 is 11.1 Å². The predicted molar refractivity (Wildman–Crippen MR) is 52.7 cm³/mol. The minimum absolute atomic E-state index is 0.000136. The molecule has 1 rings (SSSR count). The molecule has 0 spiro atoms. The van der Waals surface area contributed by atoms with Crippen LogP contribution in [0.5, 0.6) is 0 Å². The lowest BCUT2D eigenvalue weighted by Crippen LogP contribution is -2.35. The number of carboxylic acids is 1. The number of H-pyrrole nitrogens is 1. The molecule has 0 bridgehead atoms. The van der Waals surface area contributed by atoms with Crippen LogP contribution in [0.2, 0.25) is 0 Å². The number of carboxylic acid groups (broad SMARTS) is 1. The summed E-state index contributed by atoms with van der Waals surface area (Å²) in [5.41, 5.74) is 6.69. The maximum Gasteiger partial charge on any atom is 0.304 e. The average molecular weight is 197 g/mol. The number of aromatic amines is 1. The molecule has 1 atom stereocenters. The van der Waals surface area contributed by atoms with Crippen LogP contribution in [-0.2, 0) is 11.3 Å². The van der Waals surface area contributed by atoms with E-state index < -0.39 is 5.97 Å². The largest absolute Gasteiger partial charge is 0.481 e. The molecular formula is C9H15N3O2. The number of rotatable bonds is 6. The van der Waals surface area contributed by atoms with Crippen LogP contribution in [0, 0.1) is 0 Å². The van der Waals surface area contributed by atoms with Gasteiger partial charge in [-0.3, -0.25) is 4.79 Å². The Morgan fingerprint density at radius 3 is 3.07 bits per heavy atom. The van der Waals surface area contributed by atoms with Gasteiger partial charge >= 0.3 is 5.97 Å². The van der Waals surface area contributed by atoms with Crippen molar-refractivity contribution in [3.8, 4) is 0 Å². The SMILES string of the molecule is NC(CNCc1cc[nH]c1)CC(=O)O. The number of nitrogens with two attached hydrogens (primary N) is 1. The van der Waals surface area contributed by atoms with Gasteiger partial charge in [0.25, 0.3) is 0 Å². The van der Waals surface area contributed by atoms with Crippen LogP contribution in [0.4, 0.5) is 0 Å². The summed E-state index contributed by atoms with van der Waals surface area (Å²) in [6.07, 6.45) is 3.73. The molecule has 5 N–H and O–H groups in total. The maximum absolute atomic E-state index is 10.3. The third-order valence-corrected chi connectivity index (χ3v) is 1.83. The van der Waals surface area contributed by atoms with Crippen LogP contribution in [0.15, 0.2) is 18.5 Å². The third-order valence-electron chi connectivity index (χ3n) is 1.83. The maximum atomic E-state index is 10.3. The Morgan fingerprint density at radius 2 is 2.50 bits per heavy atom. The molecule has 0 amide bonds. The van der Waals surface area contributed by atoms with Gasteiger partial charge in [-0.25, -0.2) is 0 Å². The fourth-order valence-electron chi connectivity index (χ4n) is 1.17. The molecule has 14 heavy (non-hydrogen) atoms. The van der Waals surface area contributed by atoms with E-state index in [2.05, 4.69) is 10.3 Å². The minimum Gasteiger partial charge on any atom is -0.481 e. The number of carbonyl (C=O) groups is 1. The summed E-state index contributed by atoms with van der Waals surface area (Å²) in [5.74, 6) is -0.860. The van der Waals surface area contributed by atoms with Crippen molar-refractivity contribution in [2.24, 2.45) is 5.73 Å². The van der Waals surface area contributed by atoms with Crippen molar-refractivity contribution >= 4 is 5.97 Å². The summed E-state index contributed by atoms with van der Waals surface area (Å²) >= 11 is 0. The van der Waals surface area contributed by atoms with Gasteiger partial charge in [0, 0.05) is 31.5 Å². The molecule has 0 radical (unpaired) electrons. The first-order valence-electron chi connectivity index (χ1n) is 4.48. The Balaban J connectivity index is 2.12. The predicted octanol–water partition coefficient (Wildman–Crippen LogP) is -0.0937. The Bertz CT molecular complexity index is 272. The highest BCUT2D eigenvalue weighted by Crippen LogP contribution is 1.95. The van der Waals surface area contributed by atoms with Gasteiger partial charge in [0.15, 0.2) is 0 Å². The van der Waals surface area contributed by atoms with Crippen molar-refractivity contribution < 1.29 is 9.90 Å². The Kier molecular flexibility index (Phi) is 4.15. The van der Waals surface area contributed by atoms with Gasteiger partial charge < -0.3 is 21.1 Å². The molecule has 0 saturated heterocycles. The molecule has 1 unspecified atom stereocenters. The smallest absolute Gasteiger partial charge is 0.304 e. The van der Waals surface area contributed by atoms with Crippen LogP contribution in [0.25, 0.3) is 0 Å². The normalized spacial score (nSPS) is 12.6. The second-order valence-corrected chi connectivity index (χ2v) is 3.21. The second kappa shape index (κ2) is 5.41. The van der Waals surface area contributed by atoms with Crippen molar-refractivity contribution in [1.82, 2.24) is 10.3 Å². The number of aromatic nitrogens is 1. The Hall–Kier alpha value is -1.33. The summed E-state index contributed by atoms with van der Waals surface area (Å²) in [6.45, 7) is 1.22. The van der Waals surface area contributed by atoms with E-state index in [1.165, 1.54) is 0 Å². The van der Waals surface area contributed by atoms with E-state index in [0.717, 1.165) is 5.56 Å². The molecule has 5 heteroatoms. The highest BCUT2D eigenvalue weighted by Gasteiger charge is 2.06. The van der Waals surface area contributed by atoms with Gasteiger partial charge in [0.05, 0.1) is 6.42 Å². The second-order valence-electron chi connectivity index (χ2n) is 3.21. The van der Waals surface area contributed by atoms with E-state index in [4.69, 9.17) is 10.8 Å². The van der Waals surface area contributed by atoms with Crippen LogP contribution in [0.3, 0.4) is 0 Å². The van der Waals surface area contributed by atoms with E-state index in [9.17, 15) is 4.79 Å². The molecule has 5 nitrogen and oxygen atoms in total. The molecule has 0 aliphatic carbocycles. The first-order valence-corrected chi connectivity index (χ1v) is 4.48. The zero-order chi connectivity index (χ0) is 10.4. The van der Waals surface area contributed by atoms with Gasteiger partial charge in [0.1, 0.15) is 0 Å². The van der Waals surface area contributed by atoms with E-state index in [1.54, 1.807) is 0 Å². The first kappa shape index (κ1) is 10.7. The lowest BCUT2D eigenvalue weighted by Gasteiger charge is -2.09. The van der Waals surface area contributed by atoms with E-state index in [-0.39, 0.29) is 12.5 Å². The van der Waals surface area contributed by atoms with E-state index >= 15 is 0 Å². The molecule has 1 aromatic heterocycles. The van der Waals surface area contributed by atoms with Gasteiger partial charge in [0.2, 0.25) is 0 Å². The summed E-state index contributed by atoms with van der Waals surface area (Å²) in [4.78, 5) is 13.2. The zero-order valence-electron chi connectivity index (χ0n) is 7.86. The van der Waals surface area contributed by atoms with Gasteiger partial charge in [-0.1, -0.05) is 0 Å². The number of hydrogen-bond donors (Lipinski definition) is 4. The summed E-state index contributed by atoms with van der Waals surface area (Å²) in [6, 6.07) is 1.63. The highest BCUT2D eigenvalue weighted by molar-refractivity contribution is 5.67. The van der Waals surface area contributed by atoms with Crippen molar-refractivity contribution in [2.75, 3.05) is 6.54 Å². The molecular weight excluding hydrogens is 182 g/mol. The van der Waals surface area contributed by atoms with Gasteiger partial charge in [-0.2, -0.15) is 0 Å².